The van der Waals surface area contributed by atoms with Gasteiger partial charge in [-0.1, -0.05) is 19.9 Å². The van der Waals surface area contributed by atoms with Gasteiger partial charge in [0.2, 0.25) is 5.95 Å². The molecule has 0 saturated carbocycles. The highest BCUT2D eigenvalue weighted by atomic mass is 15.3. The van der Waals surface area contributed by atoms with Crippen LogP contribution in [0.3, 0.4) is 0 Å². The molecule has 1 N–H and O–H groups in total. The van der Waals surface area contributed by atoms with Gasteiger partial charge in [-0.3, -0.25) is 4.68 Å². The molecule has 6 heteroatoms. The van der Waals surface area contributed by atoms with Crippen molar-refractivity contribution in [3.63, 3.8) is 0 Å². The molecule has 0 amide bonds. The third-order valence-corrected chi connectivity index (χ3v) is 5.50. The van der Waals surface area contributed by atoms with Crippen LogP contribution in [0, 0.1) is 25.7 Å². The minimum atomic E-state index is 0.649. The molecule has 1 aliphatic heterocycles. The molecule has 3 heterocycles. The average molecular weight is 364 g/mol. The van der Waals surface area contributed by atoms with Crippen molar-refractivity contribution in [3.8, 4) is 0 Å². The summed E-state index contributed by atoms with van der Waals surface area (Å²) >= 11 is 0. The largest absolute Gasteiger partial charge is 0.340 e. The molecule has 2 atom stereocenters. The summed E-state index contributed by atoms with van der Waals surface area (Å²) in [5.74, 6) is 2.90. The van der Waals surface area contributed by atoms with Crippen LogP contribution in [0.15, 0.2) is 24.4 Å². The third kappa shape index (κ3) is 3.48. The number of nitrogens with one attached hydrogen (secondary N) is 1. The molecule has 0 bridgehead atoms. The second-order valence-corrected chi connectivity index (χ2v) is 8.15. The third-order valence-electron chi connectivity index (χ3n) is 5.50. The molecule has 0 radical (unpaired) electrons. The maximum Gasteiger partial charge on any atom is 0.229 e. The summed E-state index contributed by atoms with van der Waals surface area (Å²) < 4.78 is 1.82. The Morgan fingerprint density at radius 3 is 2.48 bits per heavy atom. The summed E-state index contributed by atoms with van der Waals surface area (Å²) in [6.45, 7) is 10.9. The Labute approximate surface area is 160 Å². The fourth-order valence-corrected chi connectivity index (χ4v) is 4.03. The van der Waals surface area contributed by atoms with Gasteiger partial charge in [-0.25, -0.2) is 0 Å². The van der Waals surface area contributed by atoms with E-state index in [4.69, 9.17) is 9.97 Å². The van der Waals surface area contributed by atoms with Crippen molar-refractivity contribution < 1.29 is 0 Å². The van der Waals surface area contributed by atoms with E-state index in [0.29, 0.717) is 11.8 Å². The highest BCUT2D eigenvalue weighted by Crippen LogP contribution is 2.29. The molecular weight excluding hydrogens is 336 g/mol. The molecule has 142 valence electrons. The number of hydrogen-bond acceptors (Lipinski definition) is 5. The maximum absolute atomic E-state index is 4.90. The van der Waals surface area contributed by atoms with E-state index in [2.05, 4.69) is 61.2 Å². The number of hydrogen-bond donors (Lipinski definition) is 1. The van der Waals surface area contributed by atoms with Crippen LogP contribution in [0.1, 0.15) is 31.4 Å². The summed E-state index contributed by atoms with van der Waals surface area (Å²) in [5, 5.41) is 8.84. The Bertz CT molecular complexity index is 966. The van der Waals surface area contributed by atoms with Gasteiger partial charge in [0.1, 0.15) is 5.82 Å². The van der Waals surface area contributed by atoms with E-state index in [0.717, 1.165) is 41.6 Å². The van der Waals surface area contributed by atoms with Crippen molar-refractivity contribution in [2.24, 2.45) is 18.9 Å². The Morgan fingerprint density at radius 2 is 1.78 bits per heavy atom. The quantitative estimate of drug-likeness (QED) is 0.754. The van der Waals surface area contributed by atoms with E-state index in [1.165, 1.54) is 17.5 Å². The molecule has 0 aliphatic carbocycles. The van der Waals surface area contributed by atoms with Crippen LogP contribution in [0.25, 0.3) is 11.0 Å². The van der Waals surface area contributed by atoms with Crippen LogP contribution in [0.5, 0.6) is 0 Å². The lowest BCUT2D eigenvalue weighted by Crippen LogP contribution is -2.39. The molecule has 3 aromatic rings. The van der Waals surface area contributed by atoms with E-state index >= 15 is 0 Å². The fraction of sp³-hybridized carbons (Fsp3) is 0.476. The molecule has 27 heavy (non-hydrogen) atoms. The molecule has 1 fully saturated rings. The van der Waals surface area contributed by atoms with Crippen LogP contribution >= 0.6 is 0 Å². The lowest BCUT2D eigenvalue weighted by Gasteiger charge is -2.35. The normalized spacial score (nSPS) is 20.3. The number of nitrogens with zero attached hydrogens (tertiary/aromatic N) is 5. The first-order chi connectivity index (χ1) is 12.9. The lowest BCUT2D eigenvalue weighted by molar-refractivity contribution is 0.354. The van der Waals surface area contributed by atoms with Crippen molar-refractivity contribution >= 4 is 28.5 Å². The first-order valence-electron chi connectivity index (χ1n) is 9.69. The molecule has 1 aromatic carbocycles. The summed E-state index contributed by atoms with van der Waals surface area (Å²) in [4.78, 5) is 12.1. The minimum Gasteiger partial charge on any atom is -0.340 e. The molecule has 4 rings (SSSR count). The second-order valence-electron chi connectivity index (χ2n) is 8.15. The number of piperidine rings is 1. The monoisotopic (exact) mass is 364 g/mol. The van der Waals surface area contributed by atoms with E-state index in [9.17, 15) is 0 Å². The average Bonchev–Trinajstić information content (AvgIpc) is 2.99. The zero-order valence-electron chi connectivity index (χ0n) is 16.8. The Hall–Kier alpha value is -2.63. The van der Waals surface area contributed by atoms with Gasteiger partial charge in [-0.15, -0.1) is 0 Å². The summed E-state index contributed by atoms with van der Waals surface area (Å²) in [7, 11) is 1.93. The lowest BCUT2D eigenvalue weighted by atomic mass is 9.92. The summed E-state index contributed by atoms with van der Waals surface area (Å²) in [6, 6.07) is 6.38. The highest BCUT2D eigenvalue weighted by molar-refractivity contribution is 5.89. The Morgan fingerprint density at radius 1 is 1.04 bits per heavy atom. The minimum absolute atomic E-state index is 0.649. The van der Waals surface area contributed by atoms with E-state index in [-0.39, 0.29) is 0 Å². The number of aromatic nitrogens is 4. The predicted molar refractivity (Wildman–Crippen MR) is 111 cm³/mol. The standard InChI is InChI=1S/C21H28N6/c1-13-8-14(2)12-27(11-13)21-24-19(18-10-22-26(5)20(18)25-21)23-17-7-6-15(3)16(4)9-17/h6-7,9-10,13-14H,8,11-12H2,1-5H3,(H,23,24,25)/t13-,14-/m1/s1. The van der Waals surface area contributed by atoms with E-state index in [1.807, 2.05) is 17.9 Å². The van der Waals surface area contributed by atoms with Gasteiger partial charge in [0, 0.05) is 25.8 Å². The number of aryl methyl sites for hydroxylation is 3. The van der Waals surface area contributed by atoms with Gasteiger partial charge in [-0.05, 0) is 55.4 Å². The van der Waals surface area contributed by atoms with Crippen LogP contribution in [-0.2, 0) is 7.05 Å². The van der Waals surface area contributed by atoms with Crippen LogP contribution in [0.2, 0.25) is 0 Å². The van der Waals surface area contributed by atoms with E-state index in [1.54, 1.807) is 0 Å². The summed E-state index contributed by atoms with van der Waals surface area (Å²) in [5.41, 5.74) is 4.44. The van der Waals surface area contributed by atoms with Crippen molar-refractivity contribution in [2.45, 2.75) is 34.1 Å². The smallest absolute Gasteiger partial charge is 0.229 e. The maximum atomic E-state index is 4.90. The molecular formula is C21H28N6. The van der Waals surface area contributed by atoms with Crippen LogP contribution < -0.4 is 10.2 Å². The van der Waals surface area contributed by atoms with Gasteiger partial charge < -0.3 is 10.2 Å². The van der Waals surface area contributed by atoms with Gasteiger partial charge in [0.05, 0.1) is 11.6 Å². The SMILES string of the molecule is Cc1ccc(Nc2nc(N3C[C@H](C)C[C@@H](C)C3)nc3c2cnn3C)cc1C. The summed E-state index contributed by atoms with van der Waals surface area (Å²) in [6.07, 6.45) is 3.10. The number of benzene rings is 1. The van der Waals surface area contributed by atoms with E-state index < -0.39 is 0 Å². The zero-order chi connectivity index (χ0) is 19.1. The second kappa shape index (κ2) is 6.83. The van der Waals surface area contributed by atoms with Crippen LogP contribution in [-0.4, -0.2) is 32.8 Å². The van der Waals surface area contributed by atoms with Gasteiger partial charge >= 0.3 is 0 Å². The Balaban J connectivity index is 1.76. The van der Waals surface area contributed by atoms with Gasteiger partial charge in [0.25, 0.3) is 0 Å². The first kappa shape index (κ1) is 17.8. The molecule has 1 saturated heterocycles. The topological polar surface area (TPSA) is 58.9 Å². The fourth-order valence-electron chi connectivity index (χ4n) is 4.03. The highest BCUT2D eigenvalue weighted by Gasteiger charge is 2.25. The molecule has 0 unspecified atom stereocenters. The predicted octanol–water partition coefficient (Wildman–Crippen LogP) is 4.21. The number of anilines is 3. The molecule has 2 aromatic heterocycles. The number of fused-ring (bicyclic) bond motifs is 1. The first-order valence-corrected chi connectivity index (χ1v) is 9.69. The van der Waals surface area contributed by atoms with Gasteiger partial charge in [0.15, 0.2) is 5.65 Å². The Kier molecular flexibility index (Phi) is 4.50. The van der Waals surface area contributed by atoms with Crippen molar-refractivity contribution in [3.05, 3.63) is 35.5 Å². The molecule has 6 nitrogen and oxygen atoms in total. The zero-order valence-corrected chi connectivity index (χ0v) is 16.8. The van der Waals surface area contributed by atoms with Crippen molar-refractivity contribution in [1.82, 2.24) is 19.7 Å². The number of rotatable bonds is 3. The molecule has 0 spiro atoms. The van der Waals surface area contributed by atoms with Crippen LogP contribution in [0.4, 0.5) is 17.5 Å². The molecule has 1 aliphatic rings. The van der Waals surface area contributed by atoms with Crippen molar-refractivity contribution in [1.29, 1.82) is 0 Å². The van der Waals surface area contributed by atoms with Gasteiger partial charge in [-0.2, -0.15) is 15.1 Å². The van der Waals surface area contributed by atoms with Crippen molar-refractivity contribution in [2.75, 3.05) is 23.3 Å².